The molecule has 0 spiro atoms. The van der Waals surface area contributed by atoms with Crippen molar-refractivity contribution in [2.24, 2.45) is 0 Å². The number of aryl methyl sites for hydroxylation is 2. The molecule has 1 aliphatic heterocycles. The summed E-state index contributed by atoms with van der Waals surface area (Å²) >= 11 is 0. The Morgan fingerprint density at radius 3 is 2.47 bits per heavy atom. The predicted octanol–water partition coefficient (Wildman–Crippen LogP) is 2.22. The third-order valence-electron chi connectivity index (χ3n) is 5.50. The van der Waals surface area contributed by atoms with E-state index in [2.05, 4.69) is 9.62 Å². The number of non-ortho nitro benzene ring substituents is 1. The highest BCUT2D eigenvalue weighted by Crippen LogP contribution is 2.17. The van der Waals surface area contributed by atoms with E-state index in [1.165, 1.54) is 6.07 Å². The van der Waals surface area contributed by atoms with E-state index >= 15 is 0 Å². The van der Waals surface area contributed by atoms with Gasteiger partial charge in [0.05, 0.1) is 9.82 Å². The second-order valence-corrected chi connectivity index (χ2v) is 9.74. The van der Waals surface area contributed by atoms with E-state index in [-0.39, 0.29) is 29.5 Å². The van der Waals surface area contributed by atoms with Crippen LogP contribution in [-0.2, 0) is 21.4 Å². The number of hydrogen-bond acceptors (Lipinski definition) is 6. The molecular weight excluding hydrogens is 432 g/mol. The molecule has 1 amide bonds. The van der Waals surface area contributed by atoms with E-state index in [0.717, 1.165) is 11.1 Å². The van der Waals surface area contributed by atoms with Crippen molar-refractivity contribution >= 4 is 21.6 Å². The quantitative estimate of drug-likeness (QED) is 0.477. The van der Waals surface area contributed by atoms with Gasteiger partial charge in [0, 0.05) is 57.8 Å². The molecule has 9 nitrogen and oxygen atoms in total. The molecule has 172 valence electrons. The van der Waals surface area contributed by atoms with Crippen LogP contribution in [0.5, 0.6) is 0 Å². The topological polar surface area (TPSA) is 113 Å². The molecule has 0 aromatic heterocycles. The van der Waals surface area contributed by atoms with Crippen molar-refractivity contribution in [2.75, 3.05) is 32.7 Å². The minimum atomic E-state index is -3.66. The summed E-state index contributed by atoms with van der Waals surface area (Å²) in [7, 11) is -3.66. The summed E-state index contributed by atoms with van der Waals surface area (Å²) in [6, 6.07) is 11.7. The van der Waals surface area contributed by atoms with Crippen LogP contribution in [0.25, 0.3) is 0 Å². The van der Waals surface area contributed by atoms with E-state index in [0.29, 0.717) is 38.3 Å². The summed E-state index contributed by atoms with van der Waals surface area (Å²) in [4.78, 5) is 27.1. The first-order valence-electron chi connectivity index (χ1n) is 10.5. The number of sulfonamides is 1. The molecule has 2 aromatic carbocycles. The van der Waals surface area contributed by atoms with Crippen LogP contribution in [0.4, 0.5) is 5.69 Å². The molecular formula is C22H28N4O5S. The zero-order valence-electron chi connectivity index (χ0n) is 18.3. The molecule has 3 rings (SSSR count). The molecule has 1 N–H and O–H groups in total. The maximum Gasteiger partial charge on any atom is 0.269 e. The third kappa shape index (κ3) is 6.12. The molecule has 2 aromatic rings. The Labute approximate surface area is 188 Å². The van der Waals surface area contributed by atoms with Gasteiger partial charge in [-0.25, -0.2) is 13.1 Å². The van der Waals surface area contributed by atoms with Crippen LogP contribution >= 0.6 is 0 Å². The number of carbonyl (C=O) groups is 1. The van der Waals surface area contributed by atoms with Gasteiger partial charge in [-0.1, -0.05) is 29.8 Å². The van der Waals surface area contributed by atoms with Gasteiger partial charge in [0.25, 0.3) is 5.69 Å². The predicted molar refractivity (Wildman–Crippen MR) is 121 cm³/mol. The molecule has 0 saturated carbocycles. The van der Waals surface area contributed by atoms with Gasteiger partial charge >= 0.3 is 0 Å². The first-order chi connectivity index (χ1) is 15.2. The van der Waals surface area contributed by atoms with Gasteiger partial charge in [-0.05, 0) is 31.0 Å². The highest BCUT2D eigenvalue weighted by Gasteiger charge is 2.22. The number of amides is 1. The van der Waals surface area contributed by atoms with Crippen LogP contribution in [0.15, 0.2) is 47.4 Å². The zero-order valence-corrected chi connectivity index (χ0v) is 19.1. The summed E-state index contributed by atoms with van der Waals surface area (Å²) in [5.74, 6) is -0.0941. The molecule has 1 heterocycles. The molecule has 0 radical (unpaired) electrons. The van der Waals surface area contributed by atoms with E-state index in [1.54, 1.807) is 36.1 Å². The Morgan fingerprint density at radius 2 is 1.81 bits per heavy atom. The number of nitrogens with one attached hydrogen (secondary N) is 1. The number of carbonyl (C=O) groups excluding carboxylic acids is 1. The number of rotatable bonds is 8. The number of hydrogen-bond donors (Lipinski definition) is 1. The normalized spacial score (nSPS) is 15.0. The van der Waals surface area contributed by atoms with Crippen molar-refractivity contribution in [3.63, 3.8) is 0 Å². The lowest BCUT2D eigenvalue weighted by atomic mass is 10.1. The Morgan fingerprint density at radius 1 is 1.09 bits per heavy atom. The Hall–Kier alpha value is -2.82. The van der Waals surface area contributed by atoms with Gasteiger partial charge in [-0.3, -0.25) is 19.8 Å². The van der Waals surface area contributed by atoms with Gasteiger partial charge in [-0.15, -0.1) is 0 Å². The van der Waals surface area contributed by atoms with Crippen molar-refractivity contribution in [2.45, 2.75) is 31.7 Å². The van der Waals surface area contributed by atoms with Gasteiger partial charge in [0.2, 0.25) is 15.9 Å². The van der Waals surface area contributed by atoms with Gasteiger partial charge in [0.15, 0.2) is 0 Å². The second kappa shape index (κ2) is 10.2. The van der Waals surface area contributed by atoms with Crippen LogP contribution in [0, 0.1) is 24.0 Å². The van der Waals surface area contributed by atoms with Gasteiger partial charge in [0.1, 0.15) is 0 Å². The van der Waals surface area contributed by atoms with Crippen molar-refractivity contribution in [1.29, 1.82) is 0 Å². The maximum absolute atomic E-state index is 12.5. The Balaban J connectivity index is 1.45. The van der Waals surface area contributed by atoms with Crippen molar-refractivity contribution in [3.05, 3.63) is 69.3 Å². The number of benzene rings is 2. The molecule has 0 atom stereocenters. The lowest BCUT2D eigenvalue weighted by molar-refractivity contribution is -0.384. The maximum atomic E-state index is 12.5. The van der Waals surface area contributed by atoms with Gasteiger partial charge < -0.3 is 4.90 Å². The number of nitrogens with zero attached hydrogens (tertiary/aromatic N) is 3. The standard InChI is InChI=1S/C22H28N4O5S/c1-17-6-7-21(18(2)14-17)32(30,31)23-9-8-22(27)25-12-10-24(11-13-25)16-19-4-3-5-20(15-19)26(28)29/h3-7,14-15,23H,8-13,16H2,1-2H3. The Kier molecular flexibility index (Phi) is 7.60. The summed E-state index contributed by atoms with van der Waals surface area (Å²) in [5, 5.41) is 10.9. The number of nitro benzene ring substituents is 1. The SMILES string of the molecule is Cc1ccc(S(=O)(=O)NCCC(=O)N2CCN(Cc3cccc([N+](=O)[O-])c3)CC2)c(C)c1. The van der Waals surface area contributed by atoms with Crippen molar-refractivity contribution in [1.82, 2.24) is 14.5 Å². The zero-order chi connectivity index (χ0) is 23.3. The summed E-state index contributed by atoms with van der Waals surface area (Å²) in [5.41, 5.74) is 2.59. The average molecular weight is 461 g/mol. The lowest BCUT2D eigenvalue weighted by Gasteiger charge is -2.34. The molecule has 32 heavy (non-hydrogen) atoms. The van der Waals surface area contributed by atoms with Crippen molar-refractivity contribution < 1.29 is 18.1 Å². The van der Waals surface area contributed by atoms with Crippen LogP contribution in [0.2, 0.25) is 0 Å². The Bertz CT molecular complexity index is 1100. The highest BCUT2D eigenvalue weighted by atomic mass is 32.2. The smallest absolute Gasteiger partial charge is 0.269 e. The number of nitro groups is 1. The summed E-state index contributed by atoms with van der Waals surface area (Å²) in [6.07, 6.45) is 0.0923. The summed E-state index contributed by atoms with van der Waals surface area (Å²) in [6.45, 7) is 6.67. The van der Waals surface area contributed by atoms with E-state index in [4.69, 9.17) is 0 Å². The van der Waals surface area contributed by atoms with Crippen molar-refractivity contribution in [3.8, 4) is 0 Å². The summed E-state index contributed by atoms with van der Waals surface area (Å²) < 4.78 is 27.6. The monoisotopic (exact) mass is 460 g/mol. The highest BCUT2D eigenvalue weighted by molar-refractivity contribution is 7.89. The molecule has 1 fully saturated rings. The van der Waals surface area contributed by atoms with Crippen LogP contribution in [-0.4, -0.2) is 61.8 Å². The van der Waals surface area contributed by atoms with Gasteiger partial charge in [-0.2, -0.15) is 0 Å². The van der Waals surface area contributed by atoms with E-state index in [1.807, 2.05) is 19.1 Å². The molecule has 0 aliphatic carbocycles. The molecule has 0 bridgehead atoms. The fourth-order valence-corrected chi connectivity index (χ4v) is 5.07. The van der Waals surface area contributed by atoms with Crippen LogP contribution in [0.3, 0.4) is 0 Å². The lowest BCUT2D eigenvalue weighted by Crippen LogP contribution is -2.48. The van der Waals surface area contributed by atoms with Crippen LogP contribution in [0.1, 0.15) is 23.1 Å². The van der Waals surface area contributed by atoms with E-state index < -0.39 is 14.9 Å². The molecule has 0 unspecified atom stereocenters. The first-order valence-corrected chi connectivity index (χ1v) is 11.9. The molecule has 1 aliphatic rings. The van der Waals surface area contributed by atoms with E-state index in [9.17, 15) is 23.3 Å². The first kappa shape index (κ1) is 23.8. The minimum absolute atomic E-state index is 0.0440. The number of piperazine rings is 1. The fourth-order valence-electron chi connectivity index (χ4n) is 3.81. The minimum Gasteiger partial charge on any atom is -0.340 e. The largest absolute Gasteiger partial charge is 0.340 e. The molecule has 10 heteroatoms. The van der Waals surface area contributed by atoms with Crippen LogP contribution < -0.4 is 4.72 Å². The molecule has 1 saturated heterocycles. The fraction of sp³-hybridized carbons (Fsp3) is 0.409. The average Bonchev–Trinajstić information content (AvgIpc) is 2.74. The third-order valence-corrected chi connectivity index (χ3v) is 7.12. The second-order valence-electron chi connectivity index (χ2n) is 8.00.